The van der Waals surface area contributed by atoms with Crippen molar-refractivity contribution in [1.29, 1.82) is 0 Å². The fourth-order valence-corrected chi connectivity index (χ4v) is 3.21. The maximum atomic E-state index is 13.9. The highest BCUT2D eigenvalue weighted by Crippen LogP contribution is 2.33. The number of nitrogens with zero attached hydrogens (tertiary/aromatic N) is 4. The molecule has 0 radical (unpaired) electrons. The SMILES string of the molecule is Cc1nonc1[C@H]1CCCN1C(=O)c1ccc2cccc(F)c2n1. The normalized spacial score (nSPS) is 17.6. The van der Waals surface area contributed by atoms with E-state index in [2.05, 4.69) is 15.3 Å². The molecule has 1 aromatic carbocycles. The molecule has 2 aromatic heterocycles. The van der Waals surface area contributed by atoms with Crippen LogP contribution in [0.4, 0.5) is 4.39 Å². The van der Waals surface area contributed by atoms with Gasteiger partial charge in [-0.05, 0) is 31.9 Å². The Morgan fingerprint density at radius 2 is 2.17 bits per heavy atom. The van der Waals surface area contributed by atoms with Crippen LogP contribution in [0.3, 0.4) is 0 Å². The molecule has 1 aliphatic rings. The molecule has 0 aliphatic carbocycles. The number of benzene rings is 1. The molecule has 4 rings (SSSR count). The summed E-state index contributed by atoms with van der Waals surface area (Å²) >= 11 is 0. The van der Waals surface area contributed by atoms with E-state index >= 15 is 0 Å². The van der Waals surface area contributed by atoms with Crippen LogP contribution in [0.5, 0.6) is 0 Å². The summed E-state index contributed by atoms with van der Waals surface area (Å²) in [6.07, 6.45) is 1.66. The average molecular weight is 326 g/mol. The van der Waals surface area contributed by atoms with Gasteiger partial charge in [0.2, 0.25) is 0 Å². The zero-order valence-electron chi connectivity index (χ0n) is 13.1. The van der Waals surface area contributed by atoms with Crippen LogP contribution in [0.15, 0.2) is 35.0 Å². The van der Waals surface area contributed by atoms with Crippen molar-refractivity contribution >= 4 is 16.8 Å². The summed E-state index contributed by atoms with van der Waals surface area (Å²) in [5.74, 6) is -0.665. The summed E-state index contributed by atoms with van der Waals surface area (Å²) in [5, 5.41) is 8.39. The van der Waals surface area contributed by atoms with Crippen LogP contribution >= 0.6 is 0 Å². The lowest BCUT2D eigenvalue weighted by molar-refractivity contribution is 0.0724. The molecule has 0 spiro atoms. The second-order valence-corrected chi connectivity index (χ2v) is 5.90. The van der Waals surface area contributed by atoms with Crippen molar-refractivity contribution in [2.45, 2.75) is 25.8 Å². The van der Waals surface area contributed by atoms with E-state index < -0.39 is 5.82 Å². The molecule has 0 bridgehead atoms. The largest absolute Gasteiger partial charge is 0.328 e. The van der Waals surface area contributed by atoms with Crippen LogP contribution in [0.25, 0.3) is 10.9 Å². The number of hydrogen-bond donors (Lipinski definition) is 0. The van der Waals surface area contributed by atoms with E-state index in [1.165, 1.54) is 6.07 Å². The van der Waals surface area contributed by atoms with Gasteiger partial charge in [0, 0.05) is 11.9 Å². The van der Waals surface area contributed by atoms with Gasteiger partial charge in [0.25, 0.3) is 5.91 Å². The first-order valence-electron chi connectivity index (χ1n) is 7.80. The van der Waals surface area contributed by atoms with E-state index in [0.29, 0.717) is 23.3 Å². The fourth-order valence-electron chi connectivity index (χ4n) is 3.21. The third-order valence-corrected chi connectivity index (χ3v) is 4.41. The highest BCUT2D eigenvalue weighted by atomic mass is 19.1. The second kappa shape index (κ2) is 5.67. The quantitative estimate of drug-likeness (QED) is 0.724. The summed E-state index contributed by atoms with van der Waals surface area (Å²) in [5.41, 5.74) is 1.79. The Bertz CT molecular complexity index is 924. The number of halogens is 1. The second-order valence-electron chi connectivity index (χ2n) is 5.90. The lowest BCUT2D eigenvalue weighted by atomic mass is 10.1. The minimum absolute atomic E-state index is 0.179. The number of fused-ring (bicyclic) bond motifs is 1. The Hall–Kier alpha value is -2.83. The smallest absolute Gasteiger partial charge is 0.273 e. The molecule has 0 saturated carbocycles. The van der Waals surface area contributed by atoms with E-state index in [9.17, 15) is 9.18 Å². The number of carbonyl (C=O) groups excluding carboxylic acids is 1. The molecule has 122 valence electrons. The summed E-state index contributed by atoms with van der Waals surface area (Å²) < 4.78 is 18.7. The van der Waals surface area contributed by atoms with E-state index in [0.717, 1.165) is 12.8 Å². The molecule has 3 aromatic rings. The summed E-state index contributed by atoms with van der Waals surface area (Å²) in [7, 11) is 0. The van der Waals surface area contributed by atoms with Crippen LogP contribution in [0.2, 0.25) is 0 Å². The molecule has 6 nitrogen and oxygen atoms in total. The Labute approximate surface area is 137 Å². The maximum absolute atomic E-state index is 13.9. The zero-order chi connectivity index (χ0) is 16.7. The first-order valence-corrected chi connectivity index (χ1v) is 7.80. The van der Waals surface area contributed by atoms with Crippen molar-refractivity contribution < 1.29 is 13.8 Å². The predicted molar refractivity (Wildman–Crippen MR) is 83.7 cm³/mol. The number of likely N-dealkylation sites (tertiary alicyclic amines) is 1. The van der Waals surface area contributed by atoms with Crippen LogP contribution in [0, 0.1) is 12.7 Å². The molecule has 1 atom stereocenters. The summed E-state index contributed by atoms with van der Waals surface area (Å²) in [6.45, 7) is 2.41. The molecule has 3 heterocycles. The fraction of sp³-hybridized carbons (Fsp3) is 0.294. The molecule has 1 saturated heterocycles. The van der Waals surface area contributed by atoms with Crippen molar-refractivity contribution in [3.8, 4) is 0 Å². The monoisotopic (exact) mass is 326 g/mol. The van der Waals surface area contributed by atoms with Gasteiger partial charge < -0.3 is 4.90 Å². The first-order chi connectivity index (χ1) is 11.6. The number of hydrogen-bond acceptors (Lipinski definition) is 5. The molecule has 24 heavy (non-hydrogen) atoms. The van der Waals surface area contributed by atoms with Gasteiger partial charge in [-0.3, -0.25) is 4.79 Å². The summed E-state index contributed by atoms with van der Waals surface area (Å²) in [4.78, 5) is 18.8. The standard InChI is InChI=1S/C17H15FN4O2/c1-10-15(21-24-20-10)14-6-3-9-22(14)17(23)13-8-7-11-4-2-5-12(18)16(11)19-13/h2,4-5,7-8,14H,3,6,9H2,1H3/t14-/m1/s1. The molecule has 0 unspecified atom stereocenters. The van der Waals surface area contributed by atoms with Gasteiger partial charge in [-0.1, -0.05) is 28.5 Å². The number of amides is 1. The average Bonchev–Trinajstić information content (AvgIpc) is 3.22. The van der Waals surface area contributed by atoms with E-state index in [1.807, 2.05) is 0 Å². The van der Waals surface area contributed by atoms with Crippen LogP contribution in [-0.2, 0) is 0 Å². The van der Waals surface area contributed by atoms with Crippen LogP contribution in [-0.4, -0.2) is 32.6 Å². The highest BCUT2D eigenvalue weighted by molar-refractivity contribution is 5.95. The van der Waals surface area contributed by atoms with E-state index in [1.54, 1.807) is 36.1 Å². The number of para-hydroxylation sites is 1. The first kappa shape index (κ1) is 14.7. The lowest BCUT2D eigenvalue weighted by Gasteiger charge is -2.22. The van der Waals surface area contributed by atoms with Gasteiger partial charge in [0.1, 0.15) is 28.4 Å². The topological polar surface area (TPSA) is 72.1 Å². The molecule has 1 amide bonds. The number of aromatic nitrogens is 3. The van der Waals surface area contributed by atoms with Gasteiger partial charge in [0.05, 0.1) is 6.04 Å². The van der Waals surface area contributed by atoms with Crippen molar-refractivity contribution in [3.63, 3.8) is 0 Å². The number of pyridine rings is 1. The van der Waals surface area contributed by atoms with Gasteiger partial charge in [-0.25, -0.2) is 14.0 Å². The van der Waals surface area contributed by atoms with Gasteiger partial charge >= 0.3 is 0 Å². The number of carbonyl (C=O) groups is 1. The van der Waals surface area contributed by atoms with E-state index in [4.69, 9.17) is 4.63 Å². The Morgan fingerprint density at radius 1 is 1.29 bits per heavy atom. The van der Waals surface area contributed by atoms with Gasteiger partial charge in [0.15, 0.2) is 0 Å². The minimum Gasteiger partial charge on any atom is -0.328 e. The predicted octanol–water partition coefficient (Wildman–Crippen LogP) is 3.04. The third kappa shape index (κ3) is 2.33. The molecule has 0 N–H and O–H groups in total. The third-order valence-electron chi connectivity index (χ3n) is 4.41. The Kier molecular flexibility index (Phi) is 3.48. The highest BCUT2D eigenvalue weighted by Gasteiger charge is 2.34. The molecule has 7 heteroatoms. The molecular weight excluding hydrogens is 311 g/mol. The molecular formula is C17H15FN4O2. The lowest BCUT2D eigenvalue weighted by Crippen LogP contribution is -2.31. The van der Waals surface area contributed by atoms with Crippen molar-refractivity contribution in [2.75, 3.05) is 6.54 Å². The van der Waals surface area contributed by atoms with E-state index in [-0.39, 0.29) is 23.2 Å². The maximum Gasteiger partial charge on any atom is 0.273 e. The van der Waals surface area contributed by atoms with Crippen molar-refractivity contribution in [1.82, 2.24) is 20.2 Å². The van der Waals surface area contributed by atoms with Crippen molar-refractivity contribution in [3.05, 3.63) is 53.2 Å². The number of aryl methyl sites for hydroxylation is 1. The Balaban J connectivity index is 1.70. The zero-order valence-corrected chi connectivity index (χ0v) is 13.1. The number of rotatable bonds is 2. The molecule has 1 aliphatic heterocycles. The van der Waals surface area contributed by atoms with Gasteiger partial charge in [-0.15, -0.1) is 0 Å². The van der Waals surface area contributed by atoms with Gasteiger partial charge in [-0.2, -0.15) is 0 Å². The summed E-state index contributed by atoms with van der Waals surface area (Å²) in [6, 6.07) is 7.90. The minimum atomic E-state index is -0.434. The molecule has 1 fully saturated rings. The Morgan fingerprint density at radius 3 is 2.96 bits per heavy atom. The van der Waals surface area contributed by atoms with Crippen molar-refractivity contribution in [2.24, 2.45) is 0 Å². The van der Waals surface area contributed by atoms with Crippen LogP contribution < -0.4 is 0 Å². The van der Waals surface area contributed by atoms with Crippen LogP contribution in [0.1, 0.15) is 40.8 Å².